The Labute approximate surface area is 107 Å². The van der Waals surface area contributed by atoms with E-state index in [9.17, 15) is 0 Å². The number of nitrogens with one attached hydrogen (secondary N) is 1. The van der Waals surface area contributed by atoms with Crippen molar-refractivity contribution in [1.82, 2.24) is 9.97 Å². The number of hydrogen-bond donors (Lipinski definition) is 1. The summed E-state index contributed by atoms with van der Waals surface area (Å²) in [6.45, 7) is 6.23. The van der Waals surface area contributed by atoms with Gasteiger partial charge in [0.15, 0.2) is 0 Å². The van der Waals surface area contributed by atoms with Crippen LogP contribution in [0.4, 0.5) is 5.82 Å². The number of hydrogen-bond acceptors (Lipinski definition) is 3. The maximum atomic E-state index is 4.48. The summed E-state index contributed by atoms with van der Waals surface area (Å²) < 4.78 is 0. The molecule has 2 aromatic heterocycles. The molecule has 92 valence electrons. The molecule has 0 saturated carbocycles. The lowest BCUT2D eigenvalue weighted by atomic mass is 10.1. The van der Waals surface area contributed by atoms with Crippen molar-refractivity contribution in [3.05, 3.63) is 52.5 Å². The van der Waals surface area contributed by atoms with Gasteiger partial charge in [-0.1, -0.05) is 12.1 Å². The van der Waals surface area contributed by atoms with Crippen molar-refractivity contribution >= 4 is 5.82 Å². The van der Waals surface area contributed by atoms with Crippen LogP contribution in [0.2, 0.25) is 0 Å². The second-order valence-corrected chi connectivity index (χ2v) is 5.10. The van der Waals surface area contributed by atoms with E-state index < -0.39 is 0 Å². The fourth-order valence-corrected chi connectivity index (χ4v) is 2.57. The van der Waals surface area contributed by atoms with Crippen LogP contribution in [0.1, 0.15) is 34.0 Å². The van der Waals surface area contributed by atoms with Crippen LogP contribution in [0.15, 0.2) is 24.5 Å². The normalized spacial score (nSPS) is 16.9. The minimum absolute atomic E-state index is 0.316. The van der Waals surface area contributed by atoms with Gasteiger partial charge in [-0.25, -0.2) is 4.98 Å². The average molecular weight is 239 g/mol. The van der Waals surface area contributed by atoms with Crippen molar-refractivity contribution in [2.24, 2.45) is 0 Å². The summed E-state index contributed by atoms with van der Waals surface area (Å²) in [7, 11) is 0. The summed E-state index contributed by atoms with van der Waals surface area (Å²) in [5.41, 5.74) is 6.11. The summed E-state index contributed by atoms with van der Waals surface area (Å²) in [5.74, 6) is 0.979. The van der Waals surface area contributed by atoms with Crippen molar-refractivity contribution in [2.45, 2.75) is 33.2 Å². The molecule has 3 heteroatoms. The van der Waals surface area contributed by atoms with Crippen LogP contribution in [0.25, 0.3) is 0 Å². The molecule has 0 spiro atoms. The average Bonchev–Trinajstić information content (AvgIpc) is 2.67. The Morgan fingerprint density at radius 1 is 1.11 bits per heavy atom. The van der Waals surface area contributed by atoms with Gasteiger partial charge in [0.05, 0.1) is 6.04 Å². The van der Waals surface area contributed by atoms with E-state index >= 15 is 0 Å². The Hall–Kier alpha value is -1.90. The summed E-state index contributed by atoms with van der Waals surface area (Å²) in [4.78, 5) is 8.89. The number of aromatic nitrogens is 2. The van der Waals surface area contributed by atoms with Crippen molar-refractivity contribution < 1.29 is 0 Å². The van der Waals surface area contributed by atoms with E-state index in [0.717, 1.165) is 17.9 Å². The van der Waals surface area contributed by atoms with E-state index in [2.05, 4.69) is 48.2 Å². The highest BCUT2D eigenvalue weighted by molar-refractivity contribution is 5.49. The molecular weight excluding hydrogens is 222 g/mol. The Kier molecular flexibility index (Phi) is 2.54. The molecule has 2 aromatic rings. The van der Waals surface area contributed by atoms with Crippen LogP contribution < -0.4 is 5.32 Å². The molecule has 0 aliphatic heterocycles. The topological polar surface area (TPSA) is 37.8 Å². The lowest BCUT2D eigenvalue weighted by Crippen LogP contribution is -2.12. The van der Waals surface area contributed by atoms with Gasteiger partial charge in [-0.2, -0.15) is 0 Å². The summed E-state index contributed by atoms with van der Waals surface area (Å²) in [5, 5.41) is 3.54. The highest BCUT2D eigenvalue weighted by atomic mass is 15.0. The molecule has 18 heavy (non-hydrogen) atoms. The molecule has 1 N–H and O–H groups in total. The molecule has 3 nitrogen and oxygen atoms in total. The zero-order chi connectivity index (χ0) is 12.7. The SMILES string of the molecule is Cc1cnc(NC2Cc3cnc(C)c2c3)c(C)c1. The lowest BCUT2D eigenvalue weighted by Gasteiger charge is -2.16. The Balaban J connectivity index is 1.88. The lowest BCUT2D eigenvalue weighted by molar-refractivity contribution is 0.803. The smallest absolute Gasteiger partial charge is 0.129 e. The standard InChI is InChI=1S/C15H17N3/c1-9-4-10(2)15(17-7-9)18-14-6-12-5-13(14)11(3)16-8-12/h4-5,7-8,14H,6H2,1-3H3,(H,17,18). The van der Waals surface area contributed by atoms with Crippen LogP contribution in [-0.2, 0) is 6.42 Å². The van der Waals surface area contributed by atoms with Gasteiger partial charge in [-0.3, -0.25) is 4.98 Å². The van der Waals surface area contributed by atoms with Crippen LogP contribution in [0.3, 0.4) is 0 Å². The highest BCUT2D eigenvalue weighted by Gasteiger charge is 2.23. The quantitative estimate of drug-likeness (QED) is 0.875. The van der Waals surface area contributed by atoms with Crippen LogP contribution in [0.5, 0.6) is 0 Å². The zero-order valence-corrected chi connectivity index (χ0v) is 11.0. The third-order valence-corrected chi connectivity index (χ3v) is 3.52. The number of anilines is 1. The van der Waals surface area contributed by atoms with Crippen LogP contribution in [0, 0.1) is 20.8 Å². The zero-order valence-electron chi connectivity index (χ0n) is 11.0. The van der Waals surface area contributed by atoms with Crippen molar-refractivity contribution in [3.63, 3.8) is 0 Å². The van der Waals surface area contributed by atoms with Gasteiger partial charge in [0.2, 0.25) is 0 Å². The fourth-order valence-electron chi connectivity index (χ4n) is 2.57. The molecule has 2 heterocycles. The molecule has 0 saturated heterocycles. The molecule has 1 atom stereocenters. The maximum absolute atomic E-state index is 4.48. The predicted molar refractivity (Wildman–Crippen MR) is 72.8 cm³/mol. The van der Waals surface area contributed by atoms with E-state index in [-0.39, 0.29) is 0 Å². The minimum atomic E-state index is 0.316. The Bertz CT molecular complexity index is 605. The first-order chi connectivity index (χ1) is 8.63. The van der Waals surface area contributed by atoms with Crippen molar-refractivity contribution in [1.29, 1.82) is 0 Å². The first-order valence-corrected chi connectivity index (χ1v) is 6.28. The van der Waals surface area contributed by atoms with Crippen molar-refractivity contribution in [3.8, 4) is 0 Å². The number of pyridine rings is 2. The Morgan fingerprint density at radius 2 is 1.94 bits per heavy atom. The van der Waals surface area contributed by atoms with E-state index in [1.54, 1.807) is 0 Å². The third kappa shape index (κ3) is 1.86. The largest absolute Gasteiger partial charge is 0.363 e. The van der Waals surface area contributed by atoms with Gasteiger partial charge < -0.3 is 5.32 Å². The maximum Gasteiger partial charge on any atom is 0.129 e. The monoisotopic (exact) mass is 239 g/mol. The van der Waals surface area contributed by atoms with E-state index in [4.69, 9.17) is 0 Å². The second-order valence-electron chi connectivity index (χ2n) is 5.10. The molecule has 1 aliphatic carbocycles. The third-order valence-electron chi connectivity index (χ3n) is 3.52. The number of fused-ring (bicyclic) bond motifs is 2. The van der Waals surface area contributed by atoms with Gasteiger partial charge >= 0.3 is 0 Å². The summed E-state index contributed by atoms with van der Waals surface area (Å²) in [6.07, 6.45) is 4.88. The molecular formula is C15H17N3. The first kappa shape index (κ1) is 11.2. The summed E-state index contributed by atoms with van der Waals surface area (Å²) in [6, 6.07) is 4.71. The van der Waals surface area contributed by atoms with Crippen LogP contribution >= 0.6 is 0 Å². The second kappa shape index (κ2) is 4.09. The summed E-state index contributed by atoms with van der Waals surface area (Å²) >= 11 is 0. The van der Waals surface area contributed by atoms with E-state index in [1.807, 2.05) is 12.4 Å². The fraction of sp³-hybridized carbons (Fsp3) is 0.333. The van der Waals surface area contributed by atoms with Crippen molar-refractivity contribution in [2.75, 3.05) is 5.32 Å². The molecule has 1 unspecified atom stereocenters. The van der Waals surface area contributed by atoms with Crippen LogP contribution in [-0.4, -0.2) is 9.97 Å². The van der Waals surface area contributed by atoms with Gasteiger partial charge in [-0.05, 0) is 49.4 Å². The van der Waals surface area contributed by atoms with E-state index in [0.29, 0.717) is 6.04 Å². The molecule has 0 radical (unpaired) electrons. The van der Waals surface area contributed by atoms with E-state index in [1.165, 1.54) is 22.3 Å². The number of nitrogens with zero attached hydrogens (tertiary/aromatic N) is 2. The molecule has 0 fully saturated rings. The molecule has 1 aliphatic rings. The highest BCUT2D eigenvalue weighted by Crippen LogP contribution is 2.31. The number of rotatable bonds is 2. The first-order valence-electron chi connectivity index (χ1n) is 6.28. The van der Waals surface area contributed by atoms with Gasteiger partial charge in [-0.15, -0.1) is 0 Å². The van der Waals surface area contributed by atoms with Gasteiger partial charge in [0, 0.05) is 18.1 Å². The van der Waals surface area contributed by atoms with Gasteiger partial charge in [0.1, 0.15) is 5.82 Å². The molecule has 3 rings (SSSR count). The number of aryl methyl sites for hydroxylation is 3. The molecule has 0 aromatic carbocycles. The predicted octanol–water partition coefficient (Wildman–Crippen LogP) is 3.11. The Morgan fingerprint density at radius 3 is 2.72 bits per heavy atom. The van der Waals surface area contributed by atoms with Gasteiger partial charge in [0.25, 0.3) is 0 Å². The molecule has 0 amide bonds. The minimum Gasteiger partial charge on any atom is -0.363 e. The molecule has 2 bridgehead atoms.